The third-order valence-corrected chi connectivity index (χ3v) is 5.96. The number of piperazine rings is 1. The number of alkyl halides is 2. The number of carbonyl (C=O) groups excluding carboxylic acids is 3. The Morgan fingerprint density at radius 2 is 1.84 bits per heavy atom. The number of anilines is 2. The Labute approximate surface area is 217 Å². The highest BCUT2D eigenvalue weighted by molar-refractivity contribution is 6.31. The minimum Gasteiger partial charge on any atom is -0.325 e. The fourth-order valence-corrected chi connectivity index (χ4v) is 4.18. The van der Waals surface area contributed by atoms with Gasteiger partial charge in [0.2, 0.25) is 17.7 Å². The van der Waals surface area contributed by atoms with Crippen LogP contribution in [0.5, 0.6) is 0 Å². The lowest BCUT2D eigenvalue weighted by Crippen LogP contribution is -2.55. The van der Waals surface area contributed by atoms with E-state index in [1.807, 2.05) is 0 Å². The molecule has 190 valence electrons. The summed E-state index contributed by atoms with van der Waals surface area (Å²) < 4.78 is 27.6. The topological polar surface area (TPSA) is 118 Å². The van der Waals surface area contributed by atoms with Crippen LogP contribution in [0.15, 0.2) is 48.8 Å². The molecule has 0 bridgehead atoms. The number of rotatable bonds is 6. The molecule has 1 fully saturated rings. The lowest BCUT2D eigenvalue weighted by molar-refractivity contribution is -0.140. The van der Waals surface area contributed by atoms with Gasteiger partial charge in [0, 0.05) is 22.3 Å². The number of carbonyl (C=O) groups is 3. The Kier molecular flexibility index (Phi) is 6.48. The van der Waals surface area contributed by atoms with Crippen molar-refractivity contribution in [1.82, 2.24) is 29.7 Å². The number of fused-ring (bicyclic) bond motifs is 1. The standard InChI is InChI=1S/C22H16Cl2F2N8O3/c23-13-1-4-16(33-8-18(24)28-30-33)17(6-13)32-11-20(36)31(10-21(32)37)9-19(35)27-14-2-3-15-12(5-14)7-34(29-15)22(25)26/h1-8,22H,9-11H2,(H,27,35). The van der Waals surface area contributed by atoms with Crippen LogP contribution in [0, 0.1) is 0 Å². The molecule has 3 heterocycles. The molecule has 4 aromatic rings. The molecule has 11 nitrogen and oxygen atoms in total. The summed E-state index contributed by atoms with van der Waals surface area (Å²) in [5.74, 6) is -1.47. The van der Waals surface area contributed by atoms with Gasteiger partial charge in [0.1, 0.15) is 19.6 Å². The summed E-state index contributed by atoms with van der Waals surface area (Å²) in [6.07, 6.45) is 2.60. The summed E-state index contributed by atoms with van der Waals surface area (Å²) in [5, 5.41) is 14.9. The molecule has 1 saturated heterocycles. The molecule has 3 amide bonds. The van der Waals surface area contributed by atoms with Gasteiger partial charge in [-0.3, -0.25) is 19.3 Å². The second-order valence-corrected chi connectivity index (χ2v) is 8.88. The predicted octanol–water partition coefficient (Wildman–Crippen LogP) is 3.13. The zero-order chi connectivity index (χ0) is 26.3. The summed E-state index contributed by atoms with van der Waals surface area (Å²) >= 11 is 12.0. The van der Waals surface area contributed by atoms with Gasteiger partial charge >= 0.3 is 6.55 Å². The monoisotopic (exact) mass is 548 g/mol. The number of nitrogens with one attached hydrogen (secondary N) is 1. The average molecular weight is 549 g/mol. The maximum Gasteiger partial charge on any atom is 0.333 e. The van der Waals surface area contributed by atoms with Crippen molar-refractivity contribution < 1.29 is 23.2 Å². The summed E-state index contributed by atoms with van der Waals surface area (Å²) in [4.78, 5) is 40.9. The third kappa shape index (κ3) is 5.08. The van der Waals surface area contributed by atoms with Crippen LogP contribution in [0.4, 0.5) is 20.2 Å². The maximum atomic E-state index is 13.0. The fraction of sp³-hybridized carbons (Fsp3) is 0.182. The number of aromatic nitrogens is 5. The predicted molar refractivity (Wildman–Crippen MR) is 130 cm³/mol. The van der Waals surface area contributed by atoms with E-state index in [2.05, 4.69) is 20.7 Å². The van der Waals surface area contributed by atoms with Gasteiger partial charge in [-0.1, -0.05) is 28.4 Å². The van der Waals surface area contributed by atoms with E-state index >= 15 is 0 Å². The van der Waals surface area contributed by atoms with Gasteiger partial charge in [-0.2, -0.15) is 13.9 Å². The highest BCUT2D eigenvalue weighted by Gasteiger charge is 2.33. The normalized spacial score (nSPS) is 14.2. The van der Waals surface area contributed by atoms with Crippen LogP contribution in [0.1, 0.15) is 6.55 Å². The summed E-state index contributed by atoms with van der Waals surface area (Å²) in [7, 11) is 0. The summed E-state index contributed by atoms with van der Waals surface area (Å²) in [6.45, 7) is -3.85. The van der Waals surface area contributed by atoms with Crippen molar-refractivity contribution in [2.45, 2.75) is 6.55 Å². The molecule has 37 heavy (non-hydrogen) atoms. The average Bonchev–Trinajstić information content (AvgIpc) is 3.47. The molecule has 1 N–H and O–H groups in total. The van der Waals surface area contributed by atoms with E-state index in [-0.39, 0.29) is 24.8 Å². The zero-order valence-electron chi connectivity index (χ0n) is 18.7. The van der Waals surface area contributed by atoms with E-state index < -0.39 is 24.3 Å². The van der Waals surface area contributed by atoms with Crippen molar-refractivity contribution in [3.8, 4) is 5.69 Å². The van der Waals surface area contributed by atoms with Gasteiger partial charge in [0.15, 0.2) is 5.15 Å². The molecule has 0 unspecified atom stereocenters. The number of hydrogen-bond donors (Lipinski definition) is 1. The Morgan fingerprint density at radius 1 is 1.03 bits per heavy atom. The first-order chi connectivity index (χ1) is 17.7. The lowest BCUT2D eigenvalue weighted by Gasteiger charge is -2.34. The highest BCUT2D eigenvalue weighted by atomic mass is 35.5. The van der Waals surface area contributed by atoms with E-state index in [9.17, 15) is 23.2 Å². The molecular formula is C22H16Cl2F2N8O3. The number of amides is 3. The van der Waals surface area contributed by atoms with Crippen LogP contribution >= 0.6 is 23.2 Å². The van der Waals surface area contributed by atoms with Crippen LogP contribution < -0.4 is 10.2 Å². The van der Waals surface area contributed by atoms with Crippen molar-refractivity contribution in [3.05, 3.63) is 59.0 Å². The molecule has 2 aromatic carbocycles. The molecule has 0 saturated carbocycles. The largest absolute Gasteiger partial charge is 0.333 e. The molecular weight excluding hydrogens is 533 g/mol. The van der Waals surface area contributed by atoms with E-state index in [1.54, 1.807) is 12.1 Å². The Bertz CT molecular complexity index is 1540. The number of hydrogen-bond acceptors (Lipinski definition) is 6. The van der Waals surface area contributed by atoms with Crippen molar-refractivity contribution in [2.24, 2.45) is 0 Å². The summed E-state index contributed by atoms with van der Waals surface area (Å²) in [6, 6.07) is 9.21. The van der Waals surface area contributed by atoms with Gasteiger partial charge in [0.05, 0.1) is 23.1 Å². The van der Waals surface area contributed by atoms with Crippen molar-refractivity contribution in [2.75, 3.05) is 29.9 Å². The number of halogens is 4. The van der Waals surface area contributed by atoms with E-state index in [0.717, 1.165) is 11.1 Å². The molecule has 2 aromatic heterocycles. The van der Waals surface area contributed by atoms with Gasteiger partial charge in [-0.15, -0.1) is 5.10 Å². The van der Waals surface area contributed by atoms with E-state index in [4.69, 9.17) is 23.2 Å². The minimum atomic E-state index is -2.79. The molecule has 0 radical (unpaired) electrons. The van der Waals surface area contributed by atoms with Crippen LogP contribution in [-0.4, -0.2) is 67.0 Å². The van der Waals surface area contributed by atoms with Crippen LogP contribution in [0.2, 0.25) is 10.2 Å². The Morgan fingerprint density at radius 3 is 2.57 bits per heavy atom. The van der Waals surface area contributed by atoms with Gasteiger partial charge in [0.25, 0.3) is 0 Å². The second-order valence-electron chi connectivity index (χ2n) is 8.06. The number of benzene rings is 2. The first-order valence-electron chi connectivity index (χ1n) is 10.7. The van der Waals surface area contributed by atoms with Crippen molar-refractivity contribution in [3.63, 3.8) is 0 Å². The first-order valence-corrected chi connectivity index (χ1v) is 11.5. The van der Waals surface area contributed by atoms with Gasteiger partial charge < -0.3 is 10.2 Å². The first kappa shape index (κ1) is 24.6. The van der Waals surface area contributed by atoms with Gasteiger partial charge in [-0.25, -0.2) is 9.36 Å². The minimum absolute atomic E-state index is 0.140. The summed E-state index contributed by atoms with van der Waals surface area (Å²) in [5.41, 5.74) is 1.43. The fourth-order valence-electron chi connectivity index (χ4n) is 3.89. The van der Waals surface area contributed by atoms with Crippen molar-refractivity contribution in [1.29, 1.82) is 0 Å². The molecule has 15 heteroatoms. The Hall–Kier alpha value is -4.10. The zero-order valence-corrected chi connectivity index (χ0v) is 20.2. The molecule has 0 atom stereocenters. The molecule has 5 rings (SSSR count). The van der Waals surface area contributed by atoms with Gasteiger partial charge in [-0.05, 0) is 36.4 Å². The third-order valence-electron chi connectivity index (χ3n) is 5.55. The molecule has 1 aliphatic rings. The van der Waals surface area contributed by atoms with Crippen LogP contribution in [0.3, 0.4) is 0 Å². The SMILES string of the molecule is O=C(CN1CC(=O)N(c2cc(Cl)ccc2-n2cc(Cl)nn2)CC1=O)Nc1ccc2nn(C(F)F)cc2c1. The molecule has 0 spiro atoms. The smallest absolute Gasteiger partial charge is 0.325 e. The highest BCUT2D eigenvalue weighted by Crippen LogP contribution is 2.30. The van der Waals surface area contributed by atoms with Crippen LogP contribution in [0.25, 0.3) is 16.6 Å². The molecule has 1 aliphatic heterocycles. The Balaban J connectivity index is 1.28. The van der Waals surface area contributed by atoms with Crippen LogP contribution in [-0.2, 0) is 14.4 Å². The second kappa shape index (κ2) is 9.75. The van der Waals surface area contributed by atoms with E-state index in [1.165, 1.54) is 40.0 Å². The molecule has 0 aliphatic carbocycles. The lowest BCUT2D eigenvalue weighted by atomic mass is 10.2. The van der Waals surface area contributed by atoms with E-state index in [0.29, 0.717) is 37.7 Å². The maximum absolute atomic E-state index is 13.0. The van der Waals surface area contributed by atoms with Crippen molar-refractivity contribution >= 4 is 63.2 Å². The number of nitrogens with zero attached hydrogens (tertiary/aromatic N) is 7. The quantitative estimate of drug-likeness (QED) is 0.395.